The molecule has 0 aliphatic rings. The van der Waals surface area contributed by atoms with Crippen molar-refractivity contribution in [2.75, 3.05) is 5.75 Å². The molecule has 86 valence electrons. The Labute approximate surface area is 100 Å². The fourth-order valence-corrected chi connectivity index (χ4v) is 2.38. The number of thioether (sulfide) groups is 1. The highest BCUT2D eigenvalue weighted by atomic mass is 32.2. The van der Waals surface area contributed by atoms with Gasteiger partial charge in [-0.2, -0.15) is 0 Å². The molecule has 2 nitrogen and oxygen atoms in total. The average Bonchev–Trinajstić information content (AvgIpc) is 2.29. The summed E-state index contributed by atoms with van der Waals surface area (Å²) in [6.07, 6.45) is 3.25. The van der Waals surface area contributed by atoms with Crippen LogP contribution in [0.1, 0.15) is 12.0 Å². The second-order valence-electron chi connectivity index (χ2n) is 3.46. The molecular weight excluding hydrogens is 220 g/mol. The molecule has 0 bridgehead atoms. The van der Waals surface area contributed by atoms with Crippen LogP contribution in [0.4, 0.5) is 0 Å². The van der Waals surface area contributed by atoms with Gasteiger partial charge in [0.1, 0.15) is 5.25 Å². The van der Waals surface area contributed by atoms with E-state index < -0.39 is 5.97 Å². The smallest absolute Gasteiger partial charge is 0.316 e. The van der Waals surface area contributed by atoms with Crippen molar-refractivity contribution in [1.82, 2.24) is 0 Å². The van der Waals surface area contributed by atoms with Gasteiger partial charge in [0.05, 0.1) is 0 Å². The molecule has 0 fully saturated rings. The van der Waals surface area contributed by atoms with Crippen molar-refractivity contribution in [3.05, 3.63) is 48.6 Å². The number of carbonyl (C=O) groups is 1. The lowest BCUT2D eigenvalue weighted by molar-refractivity contribution is -0.136. The molecule has 0 heterocycles. The molecule has 16 heavy (non-hydrogen) atoms. The van der Waals surface area contributed by atoms with Crippen LogP contribution < -0.4 is 0 Å². The fraction of sp³-hybridized carbons (Fsp3) is 0.308. The number of carboxylic acid groups (broad SMARTS) is 1. The van der Waals surface area contributed by atoms with Crippen molar-refractivity contribution in [3.8, 4) is 0 Å². The zero-order valence-corrected chi connectivity index (χ0v) is 9.95. The summed E-state index contributed by atoms with van der Waals surface area (Å²) in [6, 6.07) is 9.73. The Morgan fingerprint density at radius 1 is 1.44 bits per heavy atom. The van der Waals surface area contributed by atoms with Gasteiger partial charge in [0.25, 0.3) is 0 Å². The zero-order chi connectivity index (χ0) is 11.8. The Bertz CT molecular complexity index is 335. The molecule has 0 saturated carbocycles. The number of benzene rings is 1. The van der Waals surface area contributed by atoms with Gasteiger partial charge in [0.2, 0.25) is 0 Å². The molecule has 0 saturated heterocycles. The van der Waals surface area contributed by atoms with Gasteiger partial charge in [-0.25, -0.2) is 0 Å². The van der Waals surface area contributed by atoms with Crippen LogP contribution in [0.5, 0.6) is 0 Å². The lowest BCUT2D eigenvalue weighted by Gasteiger charge is -2.11. The molecule has 0 radical (unpaired) electrons. The third-order valence-corrected chi connectivity index (χ3v) is 3.42. The summed E-state index contributed by atoms with van der Waals surface area (Å²) in [4.78, 5) is 11.1. The third-order valence-electron chi connectivity index (χ3n) is 2.18. The van der Waals surface area contributed by atoms with Gasteiger partial charge in [-0.1, -0.05) is 36.4 Å². The Morgan fingerprint density at radius 2 is 2.12 bits per heavy atom. The van der Waals surface area contributed by atoms with Gasteiger partial charge < -0.3 is 5.11 Å². The van der Waals surface area contributed by atoms with Gasteiger partial charge in [-0.15, -0.1) is 18.3 Å². The van der Waals surface area contributed by atoms with Gasteiger partial charge in [-0.05, 0) is 24.2 Å². The molecule has 0 spiro atoms. The van der Waals surface area contributed by atoms with E-state index in [0.29, 0.717) is 6.42 Å². The van der Waals surface area contributed by atoms with Crippen LogP contribution in [0.3, 0.4) is 0 Å². The molecule has 1 aromatic rings. The predicted octanol–water partition coefficient (Wildman–Crippen LogP) is 2.99. The Morgan fingerprint density at radius 3 is 2.69 bits per heavy atom. The van der Waals surface area contributed by atoms with Crippen LogP contribution in [0.25, 0.3) is 0 Å². The van der Waals surface area contributed by atoms with Crippen molar-refractivity contribution < 1.29 is 9.90 Å². The second-order valence-corrected chi connectivity index (χ2v) is 4.78. The first kappa shape index (κ1) is 12.8. The number of carboxylic acids is 1. The topological polar surface area (TPSA) is 37.3 Å². The maximum absolute atomic E-state index is 11.1. The van der Waals surface area contributed by atoms with Crippen LogP contribution in [-0.4, -0.2) is 22.1 Å². The first-order chi connectivity index (χ1) is 7.74. The van der Waals surface area contributed by atoms with Crippen molar-refractivity contribution >= 4 is 17.7 Å². The molecule has 1 unspecified atom stereocenters. The predicted molar refractivity (Wildman–Crippen MR) is 68.8 cm³/mol. The van der Waals surface area contributed by atoms with E-state index in [-0.39, 0.29) is 5.25 Å². The molecule has 0 aromatic heterocycles. The van der Waals surface area contributed by atoms with Gasteiger partial charge in [0, 0.05) is 0 Å². The Hall–Kier alpha value is -1.22. The summed E-state index contributed by atoms with van der Waals surface area (Å²) in [7, 11) is 0. The first-order valence-electron chi connectivity index (χ1n) is 5.23. The van der Waals surface area contributed by atoms with Crippen LogP contribution in [0.15, 0.2) is 43.0 Å². The number of rotatable bonds is 7. The van der Waals surface area contributed by atoms with E-state index in [1.165, 1.54) is 11.8 Å². The second kappa shape index (κ2) is 7.12. The monoisotopic (exact) mass is 236 g/mol. The largest absolute Gasteiger partial charge is 0.480 e. The minimum Gasteiger partial charge on any atom is -0.480 e. The Kier molecular flexibility index (Phi) is 5.72. The van der Waals surface area contributed by atoms with Crippen molar-refractivity contribution in [1.29, 1.82) is 0 Å². The van der Waals surface area contributed by atoms with Crippen molar-refractivity contribution in [2.45, 2.75) is 18.1 Å². The minimum atomic E-state index is -0.738. The summed E-state index contributed by atoms with van der Waals surface area (Å²) < 4.78 is 0. The first-order valence-corrected chi connectivity index (χ1v) is 6.28. The number of allylic oxidation sites excluding steroid dienone is 1. The lowest BCUT2D eigenvalue weighted by Crippen LogP contribution is -2.19. The fourth-order valence-electron chi connectivity index (χ4n) is 1.34. The number of hydrogen-bond acceptors (Lipinski definition) is 2. The molecule has 1 rings (SSSR count). The summed E-state index contributed by atoms with van der Waals surface area (Å²) >= 11 is 1.48. The molecule has 1 aromatic carbocycles. The SMILES string of the molecule is C=CCCSC(Cc1ccccc1)C(=O)O. The van der Waals surface area contributed by atoms with Crippen LogP contribution >= 0.6 is 11.8 Å². The normalized spacial score (nSPS) is 12.0. The summed E-state index contributed by atoms with van der Waals surface area (Å²) in [5.74, 6) is 0.0748. The summed E-state index contributed by atoms with van der Waals surface area (Å²) in [6.45, 7) is 3.63. The molecule has 0 aliphatic carbocycles. The van der Waals surface area contributed by atoms with Crippen molar-refractivity contribution in [2.24, 2.45) is 0 Å². The van der Waals surface area contributed by atoms with E-state index in [1.807, 2.05) is 36.4 Å². The van der Waals surface area contributed by atoms with Gasteiger partial charge in [-0.3, -0.25) is 4.79 Å². The highest BCUT2D eigenvalue weighted by Gasteiger charge is 2.17. The quantitative estimate of drug-likeness (QED) is 0.584. The van der Waals surface area contributed by atoms with E-state index in [1.54, 1.807) is 0 Å². The zero-order valence-electron chi connectivity index (χ0n) is 9.13. The van der Waals surface area contributed by atoms with E-state index in [9.17, 15) is 4.79 Å². The molecule has 0 amide bonds. The van der Waals surface area contributed by atoms with E-state index >= 15 is 0 Å². The molecule has 1 N–H and O–H groups in total. The lowest BCUT2D eigenvalue weighted by atomic mass is 10.1. The molecule has 1 atom stereocenters. The molecule has 3 heteroatoms. The van der Waals surface area contributed by atoms with Crippen molar-refractivity contribution in [3.63, 3.8) is 0 Å². The van der Waals surface area contributed by atoms with Crippen LogP contribution in [0, 0.1) is 0 Å². The highest BCUT2D eigenvalue weighted by molar-refractivity contribution is 8.00. The third kappa shape index (κ3) is 4.53. The molecule has 0 aliphatic heterocycles. The van der Waals surface area contributed by atoms with E-state index in [0.717, 1.165) is 17.7 Å². The summed E-state index contributed by atoms with van der Waals surface area (Å²) in [5, 5.41) is 8.73. The Balaban J connectivity index is 2.51. The number of aliphatic carboxylic acids is 1. The number of hydrogen-bond donors (Lipinski definition) is 1. The van der Waals surface area contributed by atoms with E-state index in [4.69, 9.17) is 5.11 Å². The highest BCUT2D eigenvalue weighted by Crippen LogP contribution is 2.17. The van der Waals surface area contributed by atoms with Gasteiger partial charge in [0.15, 0.2) is 0 Å². The maximum atomic E-state index is 11.1. The van der Waals surface area contributed by atoms with Crippen LogP contribution in [0.2, 0.25) is 0 Å². The molecular formula is C13H16O2S. The van der Waals surface area contributed by atoms with Crippen LogP contribution in [-0.2, 0) is 11.2 Å². The average molecular weight is 236 g/mol. The standard InChI is InChI=1S/C13H16O2S/c1-2-3-9-16-12(13(14)15)10-11-7-5-4-6-8-11/h2,4-8,12H,1,3,9-10H2,(H,14,15). The van der Waals surface area contributed by atoms with Gasteiger partial charge >= 0.3 is 5.97 Å². The maximum Gasteiger partial charge on any atom is 0.316 e. The minimum absolute atomic E-state index is 0.359. The summed E-state index contributed by atoms with van der Waals surface area (Å²) in [5.41, 5.74) is 1.07. The van der Waals surface area contributed by atoms with E-state index in [2.05, 4.69) is 6.58 Å².